The maximum Gasteiger partial charge on any atom is 0.417 e. The largest absolute Gasteiger partial charge is 0.417 e. The number of hydrogen-bond acceptors (Lipinski definition) is 2. The zero-order valence-corrected chi connectivity index (χ0v) is 6.89. The Bertz CT molecular complexity index is 339. The fourth-order valence-corrected chi connectivity index (χ4v) is 1.05. The standard InChI is InChI=1S/C6H4F3NO2S/c7-6(8,9)4-1-5(13(11)12)3-10-2-4/h1-3H,(H,11,12). The van der Waals surface area contributed by atoms with Crippen LogP contribution in [0.3, 0.4) is 0 Å². The molecule has 0 spiro atoms. The van der Waals surface area contributed by atoms with Crippen LogP contribution in [0.2, 0.25) is 0 Å². The molecule has 1 atom stereocenters. The lowest BCUT2D eigenvalue weighted by molar-refractivity contribution is -0.138. The first-order chi connectivity index (χ1) is 5.91. The SMILES string of the molecule is O=S(O)c1cncc(C(F)(F)F)c1. The molecular formula is C6H4F3NO2S. The van der Waals surface area contributed by atoms with E-state index in [0.717, 1.165) is 6.20 Å². The summed E-state index contributed by atoms with van der Waals surface area (Å²) in [5.74, 6) is 0. The van der Waals surface area contributed by atoms with E-state index >= 15 is 0 Å². The predicted octanol–water partition coefficient (Wildman–Crippen LogP) is 1.68. The van der Waals surface area contributed by atoms with Gasteiger partial charge in [-0.2, -0.15) is 13.2 Å². The van der Waals surface area contributed by atoms with E-state index in [4.69, 9.17) is 4.55 Å². The van der Waals surface area contributed by atoms with Crippen LogP contribution < -0.4 is 0 Å². The Labute approximate surface area is 73.9 Å². The van der Waals surface area contributed by atoms with Gasteiger partial charge in [-0.15, -0.1) is 0 Å². The molecule has 0 saturated heterocycles. The van der Waals surface area contributed by atoms with Gasteiger partial charge in [0.15, 0.2) is 11.1 Å². The summed E-state index contributed by atoms with van der Waals surface area (Å²) < 4.78 is 54.9. The number of aromatic nitrogens is 1. The smallest absolute Gasteiger partial charge is 0.302 e. The number of pyridine rings is 1. The van der Waals surface area contributed by atoms with E-state index in [1.807, 2.05) is 0 Å². The molecule has 1 heterocycles. The Morgan fingerprint density at radius 1 is 1.38 bits per heavy atom. The molecule has 1 N–H and O–H groups in total. The molecule has 72 valence electrons. The summed E-state index contributed by atoms with van der Waals surface area (Å²) in [7, 11) is 0. The van der Waals surface area contributed by atoms with E-state index in [0.29, 0.717) is 12.3 Å². The van der Waals surface area contributed by atoms with Gasteiger partial charge in [-0.05, 0) is 6.07 Å². The second-order valence-corrected chi connectivity index (χ2v) is 3.13. The Hall–Kier alpha value is -0.950. The van der Waals surface area contributed by atoms with Crippen LogP contribution in [0.15, 0.2) is 23.4 Å². The summed E-state index contributed by atoms with van der Waals surface area (Å²) in [6.45, 7) is 0. The Morgan fingerprint density at radius 3 is 2.46 bits per heavy atom. The first-order valence-corrected chi connectivity index (χ1v) is 4.15. The molecule has 0 radical (unpaired) electrons. The number of nitrogens with zero attached hydrogens (tertiary/aromatic N) is 1. The summed E-state index contributed by atoms with van der Waals surface area (Å²) in [5.41, 5.74) is -1.03. The molecule has 0 saturated carbocycles. The minimum atomic E-state index is -4.54. The van der Waals surface area contributed by atoms with Gasteiger partial charge in [-0.25, -0.2) is 4.21 Å². The van der Waals surface area contributed by atoms with E-state index in [1.54, 1.807) is 0 Å². The first kappa shape index (κ1) is 10.1. The zero-order chi connectivity index (χ0) is 10.1. The van der Waals surface area contributed by atoms with Crippen molar-refractivity contribution in [2.45, 2.75) is 11.1 Å². The van der Waals surface area contributed by atoms with Gasteiger partial charge in [0, 0.05) is 12.4 Å². The second kappa shape index (κ2) is 3.43. The maximum atomic E-state index is 12.0. The molecule has 0 aliphatic heterocycles. The molecule has 1 rings (SSSR count). The minimum Gasteiger partial charge on any atom is -0.302 e. The normalized spacial score (nSPS) is 14.2. The highest BCUT2D eigenvalue weighted by atomic mass is 32.2. The van der Waals surface area contributed by atoms with Crippen molar-refractivity contribution in [1.82, 2.24) is 4.98 Å². The van der Waals surface area contributed by atoms with Gasteiger partial charge in [-0.1, -0.05) is 0 Å². The fraction of sp³-hybridized carbons (Fsp3) is 0.167. The summed E-state index contributed by atoms with van der Waals surface area (Å²) in [4.78, 5) is 2.83. The van der Waals surface area contributed by atoms with Crippen molar-refractivity contribution in [3.8, 4) is 0 Å². The monoisotopic (exact) mass is 211 g/mol. The third kappa shape index (κ3) is 2.49. The molecule has 0 aliphatic rings. The van der Waals surface area contributed by atoms with Crippen LogP contribution in [0.1, 0.15) is 5.56 Å². The topological polar surface area (TPSA) is 50.2 Å². The average Bonchev–Trinajstić information content (AvgIpc) is 2.03. The van der Waals surface area contributed by atoms with E-state index in [9.17, 15) is 17.4 Å². The quantitative estimate of drug-likeness (QED) is 0.719. The van der Waals surface area contributed by atoms with Gasteiger partial charge in [0.1, 0.15) is 0 Å². The highest BCUT2D eigenvalue weighted by Crippen LogP contribution is 2.29. The van der Waals surface area contributed by atoms with E-state index < -0.39 is 22.8 Å². The molecule has 0 aromatic carbocycles. The van der Waals surface area contributed by atoms with Gasteiger partial charge in [0.25, 0.3) is 0 Å². The van der Waals surface area contributed by atoms with Crippen LogP contribution in [-0.4, -0.2) is 13.7 Å². The van der Waals surface area contributed by atoms with Crippen LogP contribution in [0, 0.1) is 0 Å². The minimum absolute atomic E-state index is 0.366. The Balaban J connectivity index is 3.13. The number of halogens is 3. The molecule has 0 amide bonds. The third-order valence-corrected chi connectivity index (χ3v) is 1.87. The lowest BCUT2D eigenvalue weighted by atomic mass is 10.3. The van der Waals surface area contributed by atoms with Crippen LogP contribution >= 0.6 is 0 Å². The number of hydrogen-bond donors (Lipinski definition) is 1. The summed E-state index contributed by atoms with van der Waals surface area (Å²) in [6.07, 6.45) is -3.04. The van der Waals surface area contributed by atoms with Crippen molar-refractivity contribution in [3.05, 3.63) is 24.0 Å². The lowest BCUT2D eigenvalue weighted by Crippen LogP contribution is -2.06. The molecule has 0 fully saturated rings. The van der Waals surface area contributed by atoms with Crippen molar-refractivity contribution in [3.63, 3.8) is 0 Å². The van der Waals surface area contributed by atoms with Crippen molar-refractivity contribution < 1.29 is 21.9 Å². The van der Waals surface area contributed by atoms with Gasteiger partial charge in [0.2, 0.25) is 0 Å². The van der Waals surface area contributed by atoms with Crippen LogP contribution in [0.5, 0.6) is 0 Å². The summed E-state index contributed by atoms with van der Waals surface area (Å²) in [5, 5.41) is 0. The molecule has 0 bridgehead atoms. The van der Waals surface area contributed by atoms with Gasteiger partial charge in [0.05, 0.1) is 10.5 Å². The summed E-state index contributed by atoms with van der Waals surface area (Å²) >= 11 is -2.44. The molecule has 3 nitrogen and oxygen atoms in total. The van der Waals surface area contributed by atoms with Gasteiger partial charge >= 0.3 is 6.18 Å². The Kier molecular flexibility index (Phi) is 2.67. The van der Waals surface area contributed by atoms with E-state index in [-0.39, 0.29) is 4.90 Å². The lowest BCUT2D eigenvalue weighted by Gasteiger charge is -2.05. The van der Waals surface area contributed by atoms with E-state index in [2.05, 4.69) is 4.98 Å². The molecular weight excluding hydrogens is 207 g/mol. The van der Waals surface area contributed by atoms with Crippen LogP contribution in [-0.2, 0) is 17.3 Å². The first-order valence-electron chi connectivity index (χ1n) is 3.04. The van der Waals surface area contributed by atoms with Gasteiger partial charge in [-0.3, -0.25) is 4.98 Å². The molecule has 0 aliphatic carbocycles. The van der Waals surface area contributed by atoms with Gasteiger partial charge < -0.3 is 4.55 Å². The van der Waals surface area contributed by atoms with E-state index in [1.165, 1.54) is 0 Å². The molecule has 13 heavy (non-hydrogen) atoms. The maximum absolute atomic E-state index is 12.0. The van der Waals surface area contributed by atoms with Crippen LogP contribution in [0.4, 0.5) is 13.2 Å². The summed E-state index contributed by atoms with van der Waals surface area (Å²) in [6, 6.07) is 0.586. The fourth-order valence-electron chi connectivity index (χ4n) is 0.669. The van der Waals surface area contributed by atoms with Crippen molar-refractivity contribution in [1.29, 1.82) is 0 Å². The molecule has 1 aromatic heterocycles. The number of rotatable bonds is 1. The zero-order valence-electron chi connectivity index (χ0n) is 6.08. The van der Waals surface area contributed by atoms with Crippen molar-refractivity contribution >= 4 is 11.1 Å². The molecule has 1 aromatic rings. The third-order valence-electron chi connectivity index (χ3n) is 1.24. The molecule has 1 unspecified atom stereocenters. The van der Waals surface area contributed by atoms with Crippen LogP contribution in [0.25, 0.3) is 0 Å². The number of alkyl halides is 3. The van der Waals surface area contributed by atoms with Crippen molar-refractivity contribution in [2.24, 2.45) is 0 Å². The van der Waals surface area contributed by atoms with Crippen molar-refractivity contribution in [2.75, 3.05) is 0 Å². The second-order valence-electron chi connectivity index (χ2n) is 2.16. The highest BCUT2D eigenvalue weighted by molar-refractivity contribution is 7.79. The average molecular weight is 211 g/mol. The predicted molar refractivity (Wildman–Crippen MR) is 38.3 cm³/mol. The molecule has 7 heteroatoms. The highest BCUT2D eigenvalue weighted by Gasteiger charge is 2.31. The Morgan fingerprint density at radius 2 is 2.00 bits per heavy atom.